The molecule has 0 atom stereocenters. The second-order valence-corrected chi connectivity index (χ2v) is 6.92. The maximum Gasteiger partial charge on any atom is 0.256 e. The Labute approximate surface area is 163 Å². The molecule has 7 heteroatoms. The SMILES string of the molecule is COc1ncccc1C(=O)NCC1CCN(CC(=O)c2cccc(F)c2)CC1. The van der Waals surface area contributed by atoms with Crippen LogP contribution in [0.15, 0.2) is 42.6 Å². The molecule has 1 aromatic carbocycles. The highest BCUT2D eigenvalue weighted by Gasteiger charge is 2.22. The van der Waals surface area contributed by atoms with Gasteiger partial charge < -0.3 is 10.1 Å². The Morgan fingerprint density at radius 1 is 1.25 bits per heavy atom. The van der Waals surface area contributed by atoms with Crippen molar-refractivity contribution in [2.24, 2.45) is 5.92 Å². The summed E-state index contributed by atoms with van der Waals surface area (Å²) in [6.07, 6.45) is 3.36. The van der Waals surface area contributed by atoms with Crippen molar-refractivity contribution in [2.75, 3.05) is 33.3 Å². The van der Waals surface area contributed by atoms with E-state index in [1.54, 1.807) is 30.5 Å². The molecule has 1 N–H and O–H groups in total. The summed E-state index contributed by atoms with van der Waals surface area (Å²) in [4.78, 5) is 30.8. The molecule has 0 aliphatic carbocycles. The van der Waals surface area contributed by atoms with Crippen LogP contribution in [0.25, 0.3) is 0 Å². The second kappa shape index (κ2) is 9.41. The van der Waals surface area contributed by atoms with Crippen LogP contribution in [0.4, 0.5) is 4.39 Å². The Morgan fingerprint density at radius 2 is 2.04 bits per heavy atom. The molecule has 1 amide bonds. The van der Waals surface area contributed by atoms with Gasteiger partial charge in [-0.15, -0.1) is 0 Å². The number of carbonyl (C=O) groups excluding carboxylic acids is 2. The largest absolute Gasteiger partial charge is 0.480 e. The molecular weight excluding hydrogens is 361 g/mol. The molecule has 1 aromatic heterocycles. The van der Waals surface area contributed by atoms with Crippen molar-refractivity contribution in [3.63, 3.8) is 0 Å². The number of halogens is 1. The third-order valence-electron chi connectivity index (χ3n) is 4.98. The Hall–Kier alpha value is -2.80. The zero-order valence-corrected chi connectivity index (χ0v) is 15.9. The van der Waals surface area contributed by atoms with Gasteiger partial charge in [0, 0.05) is 18.3 Å². The highest BCUT2D eigenvalue weighted by Crippen LogP contribution is 2.18. The van der Waals surface area contributed by atoms with Crippen molar-refractivity contribution in [3.05, 3.63) is 59.5 Å². The number of aromatic nitrogens is 1. The van der Waals surface area contributed by atoms with E-state index in [-0.39, 0.29) is 18.2 Å². The zero-order valence-electron chi connectivity index (χ0n) is 15.9. The first-order valence-electron chi connectivity index (χ1n) is 9.35. The van der Waals surface area contributed by atoms with Crippen LogP contribution in [0.3, 0.4) is 0 Å². The van der Waals surface area contributed by atoms with Gasteiger partial charge in [0.15, 0.2) is 5.78 Å². The van der Waals surface area contributed by atoms with Crippen LogP contribution in [0, 0.1) is 11.7 Å². The van der Waals surface area contributed by atoms with E-state index in [0.29, 0.717) is 29.5 Å². The number of nitrogens with one attached hydrogen (secondary N) is 1. The Morgan fingerprint density at radius 3 is 2.75 bits per heavy atom. The highest BCUT2D eigenvalue weighted by molar-refractivity contribution is 5.97. The van der Waals surface area contributed by atoms with Crippen molar-refractivity contribution in [1.29, 1.82) is 0 Å². The monoisotopic (exact) mass is 385 g/mol. The molecule has 6 nitrogen and oxygen atoms in total. The van der Waals surface area contributed by atoms with Crippen molar-refractivity contribution in [1.82, 2.24) is 15.2 Å². The third kappa shape index (κ3) is 5.13. The first-order valence-corrected chi connectivity index (χ1v) is 9.35. The van der Waals surface area contributed by atoms with Gasteiger partial charge in [0.25, 0.3) is 5.91 Å². The lowest BCUT2D eigenvalue weighted by Crippen LogP contribution is -2.40. The van der Waals surface area contributed by atoms with Gasteiger partial charge in [-0.25, -0.2) is 9.37 Å². The van der Waals surface area contributed by atoms with Gasteiger partial charge in [-0.05, 0) is 56.1 Å². The summed E-state index contributed by atoms with van der Waals surface area (Å²) in [6, 6.07) is 9.18. The predicted molar refractivity (Wildman–Crippen MR) is 103 cm³/mol. The van der Waals surface area contributed by atoms with E-state index in [0.717, 1.165) is 25.9 Å². The lowest BCUT2D eigenvalue weighted by atomic mass is 9.96. The van der Waals surface area contributed by atoms with Crippen LogP contribution < -0.4 is 10.1 Å². The van der Waals surface area contributed by atoms with Gasteiger partial charge in [-0.1, -0.05) is 12.1 Å². The maximum atomic E-state index is 13.3. The van der Waals surface area contributed by atoms with Crippen LogP contribution >= 0.6 is 0 Å². The number of carbonyl (C=O) groups is 2. The Balaban J connectivity index is 1.44. The maximum absolute atomic E-state index is 13.3. The third-order valence-corrected chi connectivity index (χ3v) is 4.98. The number of hydrogen-bond donors (Lipinski definition) is 1. The minimum absolute atomic E-state index is 0.0741. The number of nitrogens with zero attached hydrogens (tertiary/aromatic N) is 2. The van der Waals surface area contributed by atoms with Crippen LogP contribution in [0.5, 0.6) is 5.88 Å². The Kier molecular flexibility index (Phi) is 6.71. The van der Waals surface area contributed by atoms with Crippen molar-refractivity contribution in [3.8, 4) is 5.88 Å². The lowest BCUT2D eigenvalue weighted by molar-refractivity contribution is 0.0886. The number of piperidine rings is 1. The van der Waals surface area contributed by atoms with E-state index in [9.17, 15) is 14.0 Å². The van der Waals surface area contributed by atoms with Crippen LogP contribution in [0.2, 0.25) is 0 Å². The molecule has 1 saturated heterocycles. The van der Waals surface area contributed by atoms with Gasteiger partial charge in [0.2, 0.25) is 5.88 Å². The molecule has 1 fully saturated rings. The smallest absolute Gasteiger partial charge is 0.256 e. The number of rotatable bonds is 7. The number of pyridine rings is 1. The van der Waals surface area contributed by atoms with Crippen molar-refractivity contribution in [2.45, 2.75) is 12.8 Å². The van der Waals surface area contributed by atoms with Crippen LogP contribution in [-0.4, -0.2) is 54.9 Å². The second-order valence-electron chi connectivity index (χ2n) is 6.92. The van der Waals surface area contributed by atoms with E-state index in [1.807, 2.05) is 0 Å². The summed E-state index contributed by atoms with van der Waals surface area (Å²) < 4.78 is 18.4. The molecule has 0 radical (unpaired) electrons. The molecule has 28 heavy (non-hydrogen) atoms. The number of hydrogen-bond acceptors (Lipinski definition) is 5. The summed E-state index contributed by atoms with van der Waals surface area (Å²) in [5.41, 5.74) is 0.822. The fourth-order valence-electron chi connectivity index (χ4n) is 3.36. The molecule has 0 bridgehead atoms. The number of ketones is 1. The van der Waals surface area contributed by atoms with E-state index in [4.69, 9.17) is 4.74 Å². The highest BCUT2D eigenvalue weighted by atomic mass is 19.1. The fraction of sp³-hybridized carbons (Fsp3) is 0.381. The van der Waals surface area contributed by atoms with Crippen LogP contribution in [-0.2, 0) is 0 Å². The minimum atomic E-state index is -0.398. The first-order chi connectivity index (χ1) is 13.6. The number of methoxy groups -OCH3 is 1. The van der Waals surface area contributed by atoms with E-state index >= 15 is 0 Å². The minimum Gasteiger partial charge on any atom is -0.480 e. The molecule has 2 heterocycles. The van der Waals surface area contributed by atoms with Gasteiger partial charge in [0.1, 0.15) is 11.4 Å². The van der Waals surface area contributed by atoms with Crippen LogP contribution in [0.1, 0.15) is 33.6 Å². The van der Waals surface area contributed by atoms with Gasteiger partial charge in [-0.3, -0.25) is 14.5 Å². The molecule has 1 aliphatic rings. The normalized spacial score (nSPS) is 15.2. The van der Waals surface area contributed by atoms with E-state index in [2.05, 4.69) is 15.2 Å². The van der Waals surface area contributed by atoms with Crippen molar-refractivity contribution >= 4 is 11.7 Å². The lowest BCUT2D eigenvalue weighted by Gasteiger charge is -2.31. The fourth-order valence-corrected chi connectivity index (χ4v) is 3.36. The molecule has 148 valence electrons. The topological polar surface area (TPSA) is 71.5 Å². The summed E-state index contributed by atoms with van der Waals surface area (Å²) >= 11 is 0. The molecule has 1 aliphatic heterocycles. The van der Waals surface area contributed by atoms with Crippen molar-refractivity contribution < 1.29 is 18.7 Å². The first kappa shape index (κ1) is 19.9. The quantitative estimate of drug-likeness (QED) is 0.742. The molecule has 0 spiro atoms. The molecule has 3 rings (SSSR count). The van der Waals surface area contributed by atoms with Gasteiger partial charge in [-0.2, -0.15) is 0 Å². The number of likely N-dealkylation sites (tertiary alicyclic amines) is 1. The number of benzene rings is 1. The summed E-state index contributed by atoms with van der Waals surface area (Å²) in [5.74, 6) is -0.00745. The number of ether oxygens (including phenoxy) is 1. The Bertz CT molecular complexity index is 835. The molecule has 0 unspecified atom stereocenters. The summed E-state index contributed by atoms with van der Waals surface area (Å²) in [6.45, 7) is 2.41. The van der Waals surface area contributed by atoms with Gasteiger partial charge in [0.05, 0.1) is 13.7 Å². The summed E-state index contributed by atoms with van der Waals surface area (Å²) in [7, 11) is 1.49. The standard InChI is InChI=1S/C21H24FN3O3/c1-28-21-18(6-3-9-23-21)20(27)24-13-15-7-10-25(11-8-15)14-19(26)16-4-2-5-17(22)12-16/h2-6,9,12,15H,7-8,10-11,13-14H2,1H3,(H,24,27). The average molecular weight is 385 g/mol. The number of Topliss-reactive ketones (excluding diaryl/α,β-unsaturated/α-hetero) is 1. The molecule has 0 saturated carbocycles. The molecule has 2 aromatic rings. The zero-order chi connectivity index (χ0) is 19.9. The average Bonchev–Trinajstić information content (AvgIpc) is 2.73. The summed E-state index contributed by atoms with van der Waals surface area (Å²) in [5, 5.41) is 2.95. The van der Waals surface area contributed by atoms with Gasteiger partial charge >= 0.3 is 0 Å². The molecular formula is C21H24FN3O3. The predicted octanol–water partition coefficient (Wildman–Crippen LogP) is 2.55. The van der Waals surface area contributed by atoms with E-state index < -0.39 is 5.82 Å². The number of amides is 1. The van der Waals surface area contributed by atoms with E-state index in [1.165, 1.54) is 19.2 Å².